The molecule has 1 amide bonds. The Morgan fingerprint density at radius 1 is 1.09 bits per heavy atom. The maximum absolute atomic E-state index is 11.8. The van der Waals surface area contributed by atoms with E-state index in [0.29, 0.717) is 5.96 Å². The van der Waals surface area contributed by atoms with Crippen LogP contribution in [0.25, 0.3) is 0 Å². The number of benzene rings is 1. The zero-order chi connectivity index (χ0) is 15.3. The largest absolute Gasteiger partial charge is 0.356 e. The number of hydrogen-bond donors (Lipinski definition) is 3. The average Bonchev–Trinajstić information content (AvgIpc) is 2.51. The summed E-state index contributed by atoms with van der Waals surface area (Å²) in [6.45, 7) is 3.27. The van der Waals surface area contributed by atoms with Gasteiger partial charge in [-0.2, -0.15) is 0 Å². The van der Waals surface area contributed by atoms with Gasteiger partial charge in [0.1, 0.15) is 0 Å². The number of nitrogens with zero attached hydrogens (tertiary/aromatic N) is 1. The molecule has 0 unspecified atom stereocenters. The van der Waals surface area contributed by atoms with E-state index in [1.54, 1.807) is 7.05 Å². The number of carbonyl (C=O) groups excluding carboxylic acids is 1. The fourth-order valence-electron chi connectivity index (χ4n) is 1.87. The first kappa shape index (κ1) is 20.7. The first-order valence-electron chi connectivity index (χ1n) is 7.55. The van der Waals surface area contributed by atoms with Crippen molar-refractivity contribution in [3.8, 4) is 0 Å². The number of carbonyl (C=O) groups is 1. The summed E-state index contributed by atoms with van der Waals surface area (Å²) in [5.41, 5.74) is 0.798. The van der Waals surface area contributed by atoms with Gasteiger partial charge < -0.3 is 16.0 Å². The monoisotopic (exact) mass is 418 g/mol. The summed E-state index contributed by atoms with van der Waals surface area (Å²) in [5.74, 6) is 0.574. The van der Waals surface area contributed by atoms with Crippen LogP contribution in [0.15, 0.2) is 35.3 Å². The molecular formula is C16H27IN4O. The van der Waals surface area contributed by atoms with Crippen molar-refractivity contribution in [3.63, 3.8) is 0 Å². The molecule has 0 atom stereocenters. The van der Waals surface area contributed by atoms with Gasteiger partial charge in [0.2, 0.25) is 5.91 Å². The third-order valence-corrected chi connectivity index (χ3v) is 3.02. The summed E-state index contributed by atoms with van der Waals surface area (Å²) >= 11 is 0. The number of amides is 1. The van der Waals surface area contributed by atoms with Gasteiger partial charge in [-0.1, -0.05) is 44.4 Å². The van der Waals surface area contributed by atoms with Crippen molar-refractivity contribution in [2.75, 3.05) is 25.5 Å². The number of guanidine groups is 1. The van der Waals surface area contributed by atoms with Gasteiger partial charge in [-0.05, 0) is 18.6 Å². The summed E-state index contributed by atoms with van der Waals surface area (Å²) in [5, 5.41) is 9.03. The predicted molar refractivity (Wildman–Crippen MR) is 104 cm³/mol. The van der Waals surface area contributed by atoms with Crippen LogP contribution in [-0.2, 0) is 4.79 Å². The van der Waals surface area contributed by atoms with Gasteiger partial charge in [0.15, 0.2) is 5.96 Å². The molecule has 0 aliphatic rings. The second-order valence-corrected chi connectivity index (χ2v) is 4.83. The summed E-state index contributed by atoms with van der Waals surface area (Å²) in [6, 6.07) is 9.41. The molecule has 5 nitrogen and oxygen atoms in total. The highest BCUT2D eigenvalue weighted by molar-refractivity contribution is 14.0. The molecule has 0 saturated heterocycles. The number of unbranched alkanes of at least 4 members (excludes halogenated alkanes) is 3. The quantitative estimate of drug-likeness (QED) is 0.263. The molecule has 3 N–H and O–H groups in total. The first-order valence-corrected chi connectivity index (χ1v) is 7.55. The van der Waals surface area contributed by atoms with Gasteiger partial charge in [0.25, 0.3) is 0 Å². The van der Waals surface area contributed by atoms with Gasteiger partial charge in [0.05, 0.1) is 6.54 Å². The molecule has 0 radical (unpaired) electrons. The van der Waals surface area contributed by atoms with Crippen molar-refractivity contribution < 1.29 is 4.79 Å². The van der Waals surface area contributed by atoms with Crippen molar-refractivity contribution in [3.05, 3.63) is 30.3 Å². The van der Waals surface area contributed by atoms with Crippen LogP contribution in [0.2, 0.25) is 0 Å². The van der Waals surface area contributed by atoms with E-state index in [2.05, 4.69) is 27.9 Å². The molecule has 22 heavy (non-hydrogen) atoms. The number of para-hydroxylation sites is 1. The standard InChI is InChI=1S/C16H26N4O.HI/c1-3-4-5-9-12-18-16(17-2)19-13-15(21)20-14-10-7-6-8-11-14;/h6-8,10-11H,3-5,9,12-13H2,1-2H3,(H,20,21)(H2,17,18,19);1H. The van der Waals surface area contributed by atoms with E-state index in [4.69, 9.17) is 0 Å². The first-order chi connectivity index (χ1) is 10.3. The van der Waals surface area contributed by atoms with Crippen molar-refractivity contribution in [2.24, 2.45) is 4.99 Å². The second-order valence-electron chi connectivity index (χ2n) is 4.83. The molecule has 1 aromatic carbocycles. The zero-order valence-corrected chi connectivity index (χ0v) is 15.7. The van der Waals surface area contributed by atoms with Crippen molar-refractivity contribution in [2.45, 2.75) is 32.6 Å². The number of aliphatic imine (C=N–C) groups is 1. The van der Waals surface area contributed by atoms with E-state index in [1.807, 2.05) is 30.3 Å². The maximum Gasteiger partial charge on any atom is 0.243 e. The molecule has 0 fully saturated rings. The molecule has 0 bridgehead atoms. The highest BCUT2D eigenvalue weighted by atomic mass is 127. The Hall–Kier alpha value is -1.31. The number of hydrogen-bond acceptors (Lipinski definition) is 2. The molecule has 6 heteroatoms. The van der Waals surface area contributed by atoms with Crippen LogP contribution in [-0.4, -0.2) is 32.0 Å². The summed E-state index contributed by atoms with van der Waals surface area (Å²) in [6.07, 6.45) is 4.82. The van der Waals surface area contributed by atoms with Crippen LogP contribution in [0.5, 0.6) is 0 Å². The van der Waals surface area contributed by atoms with Gasteiger partial charge in [0, 0.05) is 19.3 Å². The summed E-state index contributed by atoms with van der Waals surface area (Å²) in [4.78, 5) is 15.9. The number of rotatable bonds is 8. The van der Waals surface area contributed by atoms with Crippen LogP contribution in [0.4, 0.5) is 5.69 Å². The average molecular weight is 418 g/mol. The molecular weight excluding hydrogens is 391 g/mol. The Labute approximate surface area is 150 Å². The number of nitrogens with one attached hydrogen (secondary N) is 3. The third kappa shape index (κ3) is 9.59. The predicted octanol–water partition coefficient (Wildman–Crippen LogP) is 2.99. The van der Waals surface area contributed by atoms with Gasteiger partial charge in [-0.15, -0.1) is 24.0 Å². The molecule has 0 aromatic heterocycles. The molecule has 0 heterocycles. The molecule has 0 aliphatic heterocycles. The van der Waals surface area contributed by atoms with Crippen molar-refractivity contribution in [1.82, 2.24) is 10.6 Å². The van der Waals surface area contributed by atoms with E-state index in [1.165, 1.54) is 19.3 Å². The van der Waals surface area contributed by atoms with Crippen LogP contribution in [0.3, 0.4) is 0 Å². The van der Waals surface area contributed by atoms with Crippen molar-refractivity contribution in [1.29, 1.82) is 0 Å². The summed E-state index contributed by atoms with van der Waals surface area (Å²) < 4.78 is 0. The van der Waals surface area contributed by atoms with Crippen LogP contribution >= 0.6 is 24.0 Å². The minimum absolute atomic E-state index is 0. The minimum atomic E-state index is -0.0878. The maximum atomic E-state index is 11.8. The second kappa shape index (κ2) is 13.4. The van der Waals surface area contributed by atoms with E-state index >= 15 is 0 Å². The lowest BCUT2D eigenvalue weighted by Crippen LogP contribution is -2.41. The fraction of sp³-hybridized carbons (Fsp3) is 0.500. The molecule has 1 rings (SSSR count). The molecule has 0 saturated carbocycles. The Morgan fingerprint density at radius 2 is 1.82 bits per heavy atom. The number of halogens is 1. The van der Waals surface area contributed by atoms with E-state index in [-0.39, 0.29) is 36.4 Å². The Balaban J connectivity index is 0.00000441. The zero-order valence-electron chi connectivity index (χ0n) is 13.4. The Kier molecular flexibility index (Phi) is 12.6. The summed E-state index contributed by atoms with van der Waals surface area (Å²) in [7, 11) is 1.70. The normalized spacial score (nSPS) is 10.5. The Bertz CT molecular complexity index is 437. The van der Waals surface area contributed by atoms with Crippen LogP contribution < -0.4 is 16.0 Å². The van der Waals surface area contributed by atoms with E-state index < -0.39 is 0 Å². The highest BCUT2D eigenvalue weighted by Gasteiger charge is 2.03. The Morgan fingerprint density at radius 3 is 2.45 bits per heavy atom. The lowest BCUT2D eigenvalue weighted by molar-refractivity contribution is -0.115. The SMILES string of the molecule is CCCCCCNC(=NC)NCC(=O)Nc1ccccc1.I. The van der Waals surface area contributed by atoms with Gasteiger partial charge in [-0.25, -0.2) is 0 Å². The molecule has 1 aromatic rings. The highest BCUT2D eigenvalue weighted by Crippen LogP contribution is 2.03. The third-order valence-electron chi connectivity index (χ3n) is 3.02. The molecule has 124 valence electrons. The lowest BCUT2D eigenvalue weighted by atomic mass is 10.2. The topological polar surface area (TPSA) is 65.5 Å². The van der Waals surface area contributed by atoms with Gasteiger partial charge >= 0.3 is 0 Å². The minimum Gasteiger partial charge on any atom is -0.356 e. The van der Waals surface area contributed by atoms with Gasteiger partial charge in [-0.3, -0.25) is 9.79 Å². The van der Waals surface area contributed by atoms with Crippen molar-refractivity contribution >= 4 is 41.5 Å². The van der Waals surface area contributed by atoms with Crippen LogP contribution in [0.1, 0.15) is 32.6 Å². The van der Waals surface area contributed by atoms with Crippen LogP contribution in [0, 0.1) is 0 Å². The smallest absolute Gasteiger partial charge is 0.243 e. The van der Waals surface area contributed by atoms with E-state index in [9.17, 15) is 4.79 Å². The molecule has 0 spiro atoms. The molecule has 0 aliphatic carbocycles. The lowest BCUT2D eigenvalue weighted by Gasteiger charge is -2.11. The number of anilines is 1. The van der Waals surface area contributed by atoms with E-state index in [0.717, 1.165) is 18.7 Å². The fourth-order valence-corrected chi connectivity index (χ4v) is 1.87.